The molecule has 2 aliphatic rings. The van der Waals surface area contributed by atoms with E-state index in [1.54, 1.807) is 0 Å². The number of fused-ring (bicyclic) bond motifs is 1. The Labute approximate surface area is 98.0 Å². The highest BCUT2D eigenvalue weighted by Crippen LogP contribution is 2.32. The van der Waals surface area contributed by atoms with E-state index in [2.05, 4.69) is 17.1 Å². The Morgan fingerprint density at radius 2 is 2.31 bits per heavy atom. The Balaban J connectivity index is 1.78. The second-order valence-electron chi connectivity index (χ2n) is 5.09. The quantitative estimate of drug-likeness (QED) is 0.691. The van der Waals surface area contributed by atoms with Crippen molar-refractivity contribution in [3.05, 3.63) is 0 Å². The Kier molecular flexibility index (Phi) is 4.19. The normalized spacial score (nSPS) is 36.6. The number of nitrogens with one attached hydrogen (secondary N) is 1. The summed E-state index contributed by atoms with van der Waals surface area (Å²) in [4.78, 5) is 2.42. The van der Waals surface area contributed by atoms with Gasteiger partial charge in [0.15, 0.2) is 0 Å². The highest BCUT2D eigenvalue weighted by atomic mass is 16.5. The number of rotatable bonds is 5. The van der Waals surface area contributed by atoms with Crippen molar-refractivity contribution in [2.24, 2.45) is 11.8 Å². The number of hydrogen-bond acceptors (Lipinski definition) is 4. The van der Waals surface area contributed by atoms with Crippen molar-refractivity contribution in [2.75, 3.05) is 39.4 Å². The fraction of sp³-hybridized carbons (Fsp3) is 1.00. The molecule has 94 valence electrons. The van der Waals surface area contributed by atoms with Crippen LogP contribution in [-0.2, 0) is 4.74 Å². The molecule has 0 aromatic carbocycles. The predicted molar refractivity (Wildman–Crippen MR) is 63.4 cm³/mol. The molecule has 4 heteroatoms. The predicted octanol–water partition coefficient (Wildman–Crippen LogP) is -0.0765. The summed E-state index contributed by atoms with van der Waals surface area (Å²) >= 11 is 0. The van der Waals surface area contributed by atoms with Crippen molar-refractivity contribution in [1.82, 2.24) is 10.2 Å². The van der Waals surface area contributed by atoms with Crippen LogP contribution in [0.4, 0.5) is 0 Å². The van der Waals surface area contributed by atoms with Crippen molar-refractivity contribution < 1.29 is 9.84 Å². The highest BCUT2D eigenvalue weighted by Gasteiger charge is 2.41. The van der Waals surface area contributed by atoms with Crippen molar-refractivity contribution in [2.45, 2.75) is 26.0 Å². The van der Waals surface area contributed by atoms with Gasteiger partial charge in [-0.25, -0.2) is 0 Å². The van der Waals surface area contributed by atoms with Crippen LogP contribution in [0, 0.1) is 11.8 Å². The topological polar surface area (TPSA) is 44.7 Å². The van der Waals surface area contributed by atoms with Crippen LogP contribution in [0.15, 0.2) is 0 Å². The monoisotopic (exact) mass is 228 g/mol. The summed E-state index contributed by atoms with van der Waals surface area (Å²) in [5.74, 6) is 1.56. The molecule has 0 radical (unpaired) electrons. The molecule has 4 atom stereocenters. The molecule has 0 aliphatic carbocycles. The number of likely N-dealkylation sites (tertiary alicyclic amines) is 1. The lowest BCUT2D eigenvalue weighted by molar-refractivity contribution is 0.0180. The molecule has 0 amide bonds. The minimum atomic E-state index is -0.339. The molecule has 2 heterocycles. The fourth-order valence-electron chi connectivity index (χ4n) is 3.07. The van der Waals surface area contributed by atoms with Gasteiger partial charge in [0.05, 0.1) is 12.7 Å². The molecule has 0 bridgehead atoms. The van der Waals surface area contributed by atoms with Crippen LogP contribution in [0.1, 0.15) is 13.8 Å². The van der Waals surface area contributed by atoms with Gasteiger partial charge in [-0.2, -0.15) is 0 Å². The molecule has 2 fully saturated rings. The van der Waals surface area contributed by atoms with Gasteiger partial charge in [-0.05, 0) is 38.8 Å². The largest absolute Gasteiger partial charge is 0.389 e. The average Bonchev–Trinajstić information content (AvgIpc) is 2.81. The highest BCUT2D eigenvalue weighted by molar-refractivity contribution is 4.96. The van der Waals surface area contributed by atoms with E-state index in [9.17, 15) is 5.11 Å². The molecule has 2 rings (SSSR count). The van der Waals surface area contributed by atoms with E-state index in [0.717, 1.165) is 38.0 Å². The summed E-state index contributed by atoms with van der Waals surface area (Å²) in [5, 5.41) is 13.3. The maximum Gasteiger partial charge on any atom is 0.0900 e. The van der Waals surface area contributed by atoms with E-state index in [0.29, 0.717) is 19.3 Å². The van der Waals surface area contributed by atoms with E-state index >= 15 is 0 Å². The zero-order valence-corrected chi connectivity index (χ0v) is 10.4. The summed E-state index contributed by atoms with van der Waals surface area (Å²) in [6, 6.07) is 0.594. The third kappa shape index (κ3) is 2.56. The van der Waals surface area contributed by atoms with Crippen molar-refractivity contribution in [3.63, 3.8) is 0 Å². The third-order valence-corrected chi connectivity index (χ3v) is 4.02. The maximum atomic E-state index is 9.84. The molecule has 2 N–H and O–H groups in total. The molecular formula is C12H24N2O2. The van der Waals surface area contributed by atoms with Crippen molar-refractivity contribution in [1.29, 1.82) is 0 Å². The maximum absolute atomic E-state index is 9.84. The van der Waals surface area contributed by atoms with Gasteiger partial charge in [0.1, 0.15) is 0 Å². The van der Waals surface area contributed by atoms with Gasteiger partial charge in [0.25, 0.3) is 0 Å². The van der Waals surface area contributed by atoms with Gasteiger partial charge in [-0.3, -0.25) is 4.90 Å². The smallest absolute Gasteiger partial charge is 0.0900 e. The second kappa shape index (κ2) is 5.45. The van der Waals surface area contributed by atoms with Crippen LogP contribution in [0.2, 0.25) is 0 Å². The van der Waals surface area contributed by atoms with Gasteiger partial charge in [-0.1, -0.05) is 0 Å². The number of nitrogens with zero attached hydrogens (tertiary/aromatic N) is 1. The molecule has 16 heavy (non-hydrogen) atoms. The van der Waals surface area contributed by atoms with Crippen LogP contribution in [-0.4, -0.2) is 61.5 Å². The lowest BCUT2D eigenvalue weighted by Crippen LogP contribution is -2.40. The molecule has 0 saturated carbocycles. The second-order valence-corrected chi connectivity index (χ2v) is 5.09. The minimum Gasteiger partial charge on any atom is -0.389 e. The van der Waals surface area contributed by atoms with E-state index in [1.165, 1.54) is 0 Å². The van der Waals surface area contributed by atoms with Gasteiger partial charge < -0.3 is 15.2 Å². The molecule has 0 aromatic heterocycles. The molecule has 4 nitrogen and oxygen atoms in total. The fourth-order valence-corrected chi connectivity index (χ4v) is 3.07. The van der Waals surface area contributed by atoms with Crippen LogP contribution in [0.3, 0.4) is 0 Å². The van der Waals surface area contributed by atoms with Gasteiger partial charge >= 0.3 is 0 Å². The lowest BCUT2D eigenvalue weighted by atomic mass is 9.95. The van der Waals surface area contributed by atoms with Crippen LogP contribution in [0.25, 0.3) is 0 Å². The first-order valence-electron chi connectivity index (χ1n) is 6.43. The zero-order valence-electron chi connectivity index (χ0n) is 10.4. The Morgan fingerprint density at radius 3 is 3.00 bits per heavy atom. The number of β-amino-alcohol motifs (C(OH)–C–C–N with tert-alkyl or cyclic N) is 1. The van der Waals surface area contributed by atoms with Crippen LogP contribution < -0.4 is 5.32 Å². The molecule has 0 spiro atoms. The Morgan fingerprint density at radius 1 is 1.50 bits per heavy atom. The SMILES string of the molecule is CCOCC(O)CN1CC2CNCC2C1C. The summed E-state index contributed by atoms with van der Waals surface area (Å²) in [6.07, 6.45) is -0.339. The van der Waals surface area contributed by atoms with E-state index < -0.39 is 0 Å². The lowest BCUT2D eigenvalue weighted by Gasteiger charge is -2.26. The molecule has 4 unspecified atom stereocenters. The number of hydrogen-bond donors (Lipinski definition) is 2. The van der Waals surface area contributed by atoms with Crippen LogP contribution >= 0.6 is 0 Å². The summed E-state index contributed by atoms with van der Waals surface area (Å²) < 4.78 is 5.25. The molecular weight excluding hydrogens is 204 g/mol. The first kappa shape index (κ1) is 12.3. The number of aliphatic hydroxyl groups is 1. The first-order valence-corrected chi connectivity index (χ1v) is 6.43. The molecule has 2 saturated heterocycles. The average molecular weight is 228 g/mol. The van der Waals surface area contributed by atoms with Gasteiger partial charge in [-0.15, -0.1) is 0 Å². The van der Waals surface area contributed by atoms with E-state index in [-0.39, 0.29) is 6.10 Å². The van der Waals surface area contributed by atoms with Gasteiger partial charge in [0, 0.05) is 25.7 Å². The third-order valence-electron chi connectivity index (χ3n) is 4.02. The number of aliphatic hydroxyl groups excluding tert-OH is 1. The Hall–Kier alpha value is -0.160. The summed E-state index contributed by atoms with van der Waals surface area (Å²) in [6.45, 7) is 9.56. The van der Waals surface area contributed by atoms with E-state index in [1.807, 2.05) is 6.92 Å². The standard InChI is InChI=1S/C12H24N2O2/c1-3-16-8-11(15)7-14-6-10-4-13-5-12(10)9(14)2/h9-13,15H,3-8H2,1-2H3. The summed E-state index contributed by atoms with van der Waals surface area (Å²) in [5.41, 5.74) is 0. The van der Waals surface area contributed by atoms with E-state index in [4.69, 9.17) is 4.74 Å². The first-order chi connectivity index (χ1) is 7.72. The summed E-state index contributed by atoms with van der Waals surface area (Å²) in [7, 11) is 0. The Bertz CT molecular complexity index is 225. The zero-order chi connectivity index (χ0) is 11.5. The number of ether oxygens (including phenoxy) is 1. The van der Waals surface area contributed by atoms with Crippen molar-refractivity contribution >= 4 is 0 Å². The minimum absolute atomic E-state index is 0.339. The van der Waals surface area contributed by atoms with Crippen molar-refractivity contribution in [3.8, 4) is 0 Å². The molecule has 0 aromatic rings. The van der Waals surface area contributed by atoms with Gasteiger partial charge in [0.2, 0.25) is 0 Å². The van der Waals surface area contributed by atoms with Crippen LogP contribution in [0.5, 0.6) is 0 Å². The molecule has 2 aliphatic heterocycles.